The molecule has 2 heterocycles. The van der Waals surface area contributed by atoms with Crippen LogP contribution in [0.3, 0.4) is 0 Å². The van der Waals surface area contributed by atoms with Gasteiger partial charge >= 0.3 is 0 Å². The summed E-state index contributed by atoms with van der Waals surface area (Å²) in [6.07, 6.45) is 2.82. The predicted octanol–water partition coefficient (Wildman–Crippen LogP) is 1.60. The summed E-state index contributed by atoms with van der Waals surface area (Å²) in [5.74, 6) is -0.606. The van der Waals surface area contributed by atoms with Crippen molar-refractivity contribution < 1.29 is 9.50 Å². The Morgan fingerprint density at radius 3 is 2.61 bits per heavy atom. The first-order chi connectivity index (χ1) is 8.39. The molecule has 0 fully saturated rings. The maximum atomic E-state index is 12.7. The van der Waals surface area contributed by atoms with E-state index < -0.39 is 11.5 Å². The van der Waals surface area contributed by atoms with Crippen molar-refractivity contribution in [3.8, 4) is 5.69 Å². The molecule has 2 aromatic heterocycles. The molecular weight excluding hydrogens is 235 g/mol. The van der Waals surface area contributed by atoms with Crippen LogP contribution in [0.2, 0.25) is 0 Å². The highest BCUT2D eigenvalue weighted by Crippen LogP contribution is 2.15. The molecule has 0 aliphatic rings. The van der Waals surface area contributed by atoms with Crippen molar-refractivity contribution in [1.82, 2.24) is 9.55 Å². The maximum absolute atomic E-state index is 12.7. The van der Waals surface area contributed by atoms with Crippen molar-refractivity contribution >= 4 is 0 Å². The second kappa shape index (κ2) is 4.34. The molecule has 0 amide bonds. The fourth-order valence-electron chi connectivity index (χ4n) is 1.67. The van der Waals surface area contributed by atoms with Crippen LogP contribution in [0.15, 0.2) is 41.5 Å². The summed E-state index contributed by atoms with van der Waals surface area (Å²) in [5.41, 5.74) is -0.853. The number of hydrogen-bond acceptors (Lipinski definition) is 3. The zero-order valence-electron chi connectivity index (χ0n) is 10.1. The van der Waals surface area contributed by atoms with Gasteiger partial charge in [-0.1, -0.05) is 0 Å². The molecule has 0 atom stereocenters. The quantitative estimate of drug-likeness (QED) is 0.821. The van der Waals surface area contributed by atoms with E-state index in [9.17, 15) is 14.3 Å². The lowest BCUT2D eigenvalue weighted by Gasteiger charge is -2.18. The van der Waals surface area contributed by atoms with E-state index in [-0.39, 0.29) is 11.1 Å². The molecule has 94 valence electrons. The smallest absolute Gasteiger partial charge is 0.261 e. The first-order valence-corrected chi connectivity index (χ1v) is 5.46. The van der Waals surface area contributed by atoms with Crippen LogP contribution in [0.1, 0.15) is 19.4 Å². The summed E-state index contributed by atoms with van der Waals surface area (Å²) in [6, 6.07) is 5.85. The summed E-state index contributed by atoms with van der Waals surface area (Å²) in [4.78, 5) is 15.7. The van der Waals surface area contributed by atoms with E-state index in [1.54, 1.807) is 18.3 Å². The highest BCUT2D eigenvalue weighted by atomic mass is 19.1. The van der Waals surface area contributed by atoms with Crippen LogP contribution in [0, 0.1) is 5.95 Å². The molecule has 1 N–H and O–H groups in total. The fraction of sp³-hybridized carbons (Fsp3) is 0.231. The van der Waals surface area contributed by atoms with Crippen LogP contribution in [-0.4, -0.2) is 14.7 Å². The van der Waals surface area contributed by atoms with E-state index in [0.717, 1.165) is 0 Å². The molecule has 2 rings (SSSR count). The Kier molecular flexibility index (Phi) is 3.00. The molecule has 0 radical (unpaired) electrons. The minimum Gasteiger partial charge on any atom is -0.386 e. The van der Waals surface area contributed by atoms with Crippen LogP contribution >= 0.6 is 0 Å². The second-order valence-corrected chi connectivity index (χ2v) is 4.50. The molecule has 18 heavy (non-hydrogen) atoms. The van der Waals surface area contributed by atoms with Crippen molar-refractivity contribution in [3.05, 3.63) is 58.5 Å². The molecule has 0 bridgehead atoms. The lowest BCUT2D eigenvalue weighted by Crippen LogP contribution is -2.30. The van der Waals surface area contributed by atoms with Crippen molar-refractivity contribution in [2.75, 3.05) is 0 Å². The Hall–Kier alpha value is -2.01. The zero-order valence-corrected chi connectivity index (χ0v) is 10.1. The molecule has 5 heteroatoms. The van der Waals surface area contributed by atoms with Crippen LogP contribution < -0.4 is 5.56 Å². The zero-order chi connectivity index (χ0) is 13.3. The van der Waals surface area contributed by atoms with Gasteiger partial charge in [0.25, 0.3) is 5.56 Å². The van der Waals surface area contributed by atoms with Gasteiger partial charge in [0.15, 0.2) is 0 Å². The van der Waals surface area contributed by atoms with Gasteiger partial charge in [-0.2, -0.15) is 4.39 Å². The molecule has 0 unspecified atom stereocenters. The van der Waals surface area contributed by atoms with Crippen molar-refractivity contribution in [2.24, 2.45) is 0 Å². The van der Waals surface area contributed by atoms with E-state index in [0.29, 0.717) is 5.69 Å². The van der Waals surface area contributed by atoms with Crippen LogP contribution in [0.5, 0.6) is 0 Å². The highest BCUT2D eigenvalue weighted by Gasteiger charge is 2.20. The molecule has 0 aliphatic heterocycles. The van der Waals surface area contributed by atoms with Crippen LogP contribution in [0.4, 0.5) is 4.39 Å². The maximum Gasteiger partial charge on any atom is 0.261 e. The lowest BCUT2D eigenvalue weighted by atomic mass is 10.0. The normalized spacial score (nSPS) is 11.6. The van der Waals surface area contributed by atoms with Gasteiger partial charge in [-0.25, -0.2) is 4.98 Å². The van der Waals surface area contributed by atoms with E-state index in [1.807, 2.05) is 0 Å². The average molecular weight is 248 g/mol. The number of aromatic nitrogens is 2. The molecule has 4 nitrogen and oxygen atoms in total. The molecule has 0 aliphatic carbocycles. The number of pyridine rings is 2. The number of hydrogen-bond donors (Lipinski definition) is 1. The van der Waals surface area contributed by atoms with Gasteiger partial charge in [0.2, 0.25) is 5.95 Å². The van der Waals surface area contributed by atoms with Crippen molar-refractivity contribution in [3.63, 3.8) is 0 Å². The minimum absolute atomic E-state index is 0.273. The van der Waals surface area contributed by atoms with E-state index in [2.05, 4.69) is 4.98 Å². The number of halogens is 1. The van der Waals surface area contributed by atoms with E-state index >= 15 is 0 Å². The van der Waals surface area contributed by atoms with Gasteiger partial charge in [-0.05, 0) is 38.1 Å². The predicted molar refractivity (Wildman–Crippen MR) is 65.0 cm³/mol. The third-order valence-corrected chi connectivity index (χ3v) is 2.60. The van der Waals surface area contributed by atoms with Gasteiger partial charge in [0.1, 0.15) is 0 Å². The second-order valence-electron chi connectivity index (χ2n) is 4.50. The lowest BCUT2D eigenvalue weighted by molar-refractivity contribution is 0.0768. The third kappa shape index (κ3) is 2.31. The molecule has 0 saturated heterocycles. The average Bonchev–Trinajstić information content (AvgIpc) is 2.29. The standard InChI is InChI=1S/C13H13FN2O2/c1-13(2,18)10-4-3-7-16(12(10)17)9-5-6-11(14)15-8-9/h3-8,18H,1-2H3. The van der Waals surface area contributed by atoms with E-state index in [1.165, 1.54) is 36.7 Å². The molecule has 0 aromatic carbocycles. The third-order valence-electron chi connectivity index (χ3n) is 2.60. The largest absolute Gasteiger partial charge is 0.386 e. The molecule has 2 aromatic rings. The summed E-state index contributed by atoms with van der Waals surface area (Å²) >= 11 is 0. The summed E-state index contributed by atoms with van der Waals surface area (Å²) < 4.78 is 14.1. The number of nitrogens with zero attached hydrogens (tertiary/aromatic N) is 2. The number of aliphatic hydroxyl groups is 1. The first kappa shape index (κ1) is 12.4. The van der Waals surface area contributed by atoms with Crippen molar-refractivity contribution in [2.45, 2.75) is 19.4 Å². The van der Waals surface area contributed by atoms with E-state index in [4.69, 9.17) is 0 Å². The topological polar surface area (TPSA) is 55.1 Å². The Labute approximate surface area is 103 Å². The van der Waals surface area contributed by atoms with Gasteiger partial charge < -0.3 is 5.11 Å². The Bertz CT molecular complexity index is 612. The molecule has 0 saturated carbocycles. The monoisotopic (exact) mass is 248 g/mol. The fourth-order valence-corrected chi connectivity index (χ4v) is 1.67. The summed E-state index contributed by atoms with van der Waals surface area (Å²) in [5, 5.41) is 9.90. The Morgan fingerprint density at radius 2 is 2.06 bits per heavy atom. The molecular formula is C13H13FN2O2. The highest BCUT2D eigenvalue weighted by molar-refractivity contribution is 5.31. The Morgan fingerprint density at radius 1 is 1.33 bits per heavy atom. The van der Waals surface area contributed by atoms with Gasteiger partial charge in [-0.15, -0.1) is 0 Å². The van der Waals surface area contributed by atoms with Gasteiger partial charge in [0, 0.05) is 11.8 Å². The minimum atomic E-state index is -1.23. The Balaban J connectivity index is 2.60. The first-order valence-electron chi connectivity index (χ1n) is 5.46. The SMILES string of the molecule is CC(C)(O)c1cccn(-c2ccc(F)nc2)c1=O. The van der Waals surface area contributed by atoms with Crippen molar-refractivity contribution in [1.29, 1.82) is 0 Å². The number of rotatable bonds is 2. The van der Waals surface area contributed by atoms with Gasteiger partial charge in [-0.3, -0.25) is 9.36 Å². The summed E-state index contributed by atoms with van der Waals surface area (Å²) in [6.45, 7) is 3.08. The molecule has 0 spiro atoms. The van der Waals surface area contributed by atoms with Crippen LogP contribution in [-0.2, 0) is 5.60 Å². The van der Waals surface area contributed by atoms with Crippen LogP contribution in [0.25, 0.3) is 5.69 Å². The summed E-state index contributed by atoms with van der Waals surface area (Å²) in [7, 11) is 0. The van der Waals surface area contributed by atoms with Gasteiger partial charge in [0.05, 0.1) is 17.5 Å².